The maximum atomic E-state index is 11.5. The average Bonchev–Trinajstić information content (AvgIpc) is 2.60. The van der Waals surface area contributed by atoms with E-state index in [1.807, 2.05) is 25.1 Å². The number of nitrogens with one attached hydrogen (secondary N) is 1. The van der Waals surface area contributed by atoms with Crippen molar-refractivity contribution in [3.8, 4) is 0 Å². The maximum absolute atomic E-state index is 11.5. The second kappa shape index (κ2) is 7.24. The third kappa shape index (κ3) is 5.27. The highest BCUT2D eigenvalue weighted by Crippen LogP contribution is 2.20. The topological polar surface area (TPSA) is 35.6 Å². The Balaban J connectivity index is 2.17. The zero-order valence-corrected chi connectivity index (χ0v) is 12.1. The molecule has 0 aromatic rings. The molecule has 0 aromatic carbocycles. The number of amides is 1. The molecular weight excluding hydrogens is 317 g/mol. The second-order valence-corrected chi connectivity index (χ2v) is 5.57. The minimum absolute atomic E-state index is 0.0125. The van der Waals surface area contributed by atoms with Crippen LogP contribution in [0.5, 0.6) is 0 Å². The number of rotatable bonds is 5. The van der Waals surface area contributed by atoms with Crippen LogP contribution in [0.25, 0.3) is 0 Å². The normalized spacial score (nSPS) is 22.1. The molecule has 1 heterocycles. The molecule has 16 heavy (non-hydrogen) atoms. The van der Waals surface area contributed by atoms with Crippen molar-refractivity contribution in [2.45, 2.75) is 18.9 Å². The number of likely N-dealkylation sites (N-methyl/N-ethyl adjacent to an activating group) is 1. The third-order valence-electron chi connectivity index (χ3n) is 2.56. The van der Waals surface area contributed by atoms with E-state index in [9.17, 15) is 4.79 Å². The first-order chi connectivity index (χ1) is 7.59. The quantitative estimate of drug-likeness (QED) is 0.463. The van der Waals surface area contributed by atoms with Gasteiger partial charge in [-0.25, -0.2) is 3.11 Å². The lowest BCUT2D eigenvalue weighted by Crippen LogP contribution is -2.35. The zero-order valence-electron chi connectivity index (χ0n) is 9.95. The first-order valence-corrected chi connectivity index (χ1v) is 6.57. The van der Waals surface area contributed by atoms with Crippen molar-refractivity contribution in [1.29, 1.82) is 0 Å². The number of carbonyl (C=O) groups excluding carboxylic acids is 1. The van der Waals surface area contributed by atoms with Crippen LogP contribution in [-0.2, 0) is 4.79 Å². The van der Waals surface area contributed by atoms with Crippen LogP contribution < -0.4 is 5.32 Å². The van der Waals surface area contributed by atoms with Gasteiger partial charge in [-0.15, -0.1) is 0 Å². The molecule has 0 aliphatic carbocycles. The van der Waals surface area contributed by atoms with Crippen molar-refractivity contribution < 1.29 is 4.79 Å². The number of halogens is 1. The summed E-state index contributed by atoms with van der Waals surface area (Å²) in [6, 6.07) is 0.506. The van der Waals surface area contributed by atoms with Crippen LogP contribution in [0.3, 0.4) is 0 Å². The number of carbonyl (C=O) groups is 1. The number of hydrogen-bond donors (Lipinski definition) is 1. The molecule has 92 valence electrons. The summed E-state index contributed by atoms with van der Waals surface area (Å²) in [5.74, 6) is 0.0125. The van der Waals surface area contributed by atoms with Gasteiger partial charge in [0.25, 0.3) is 0 Å². The summed E-state index contributed by atoms with van der Waals surface area (Å²) in [6.45, 7) is 2.70. The molecule has 5 heteroatoms. The van der Waals surface area contributed by atoms with E-state index < -0.39 is 0 Å². The van der Waals surface area contributed by atoms with Gasteiger partial charge in [-0.1, -0.05) is 6.08 Å². The zero-order chi connectivity index (χ0) is 12.0. The Kier molecular flexibility index (Phi) is 6.30. The molecule has 1 aliphatic heterocycles. The van der Waals surface area contributed by atoms with Crippen LogP contribution in [-0.4, -0.2) is 53.7 Å². The maximum Gasteiger partial charge on any atom is 0.243 e. The first-order valence-electron chi connectivity index (χ1n) is 5.61. The summed E-state index contributed by atoms with van der Waals surface area (Å²) in [5, 5.41) is 2.94. The van der Waals surface area contributed by atoms with Gasteiger partial charge in [0.15, 0.2) is 0 Å². The summed E-state index contributed by atoms with van der Waals surface area (Å²) < 4.78 is 2.28. The molecule has 1 saturated heterocycles. The van der Waals surface area contributed by atoms with Crippen LogP contribution in [0.15, 0.2) is 12.2 Å². The fourth-order valence-corrected chi connectivity index (χ4v) is 2.47. The molecule has 1 unspecified atom stereocenters. The molecule has 0 bridgehead atoms. The monoisotopic (exact) mass is 337 g/mol. The molecule has 1 fully saturated rings. The lowest BCUT2D eigenvalue weighted by atomic mass is 10.2. The predicted molar refractivity (Wildman–Crippen MR) is 74.5 cm³/mol. The second-order valence-electron chi connectivity index (χ2n) is 4.33. The third-order valence-corrected chi connectivity index (χ3v) is 3.83. The van der Waals surface area contributed by atoms with Gasteiger partial charge in [0.05, 0.1) is 0 Å². The Morgan fingerprint density at radius 1 is 1.62 bits per heavy atom. The first kappa shape index (κ1) is 13.9. The Bertz CT molecular complexity index is 256. The van der Waals surface area contributed by atoms with E-state index >= 15 is 0 Å². The fraction of sp³-hybridized carbons (Fsp3) is 0.727. The van der Waals surface area contributed by atoms with Crippen molar-refractivity contribution in [2.75, 3.05) is 33.7 Å². The highest BCUT2D eigenvalue weighted by molar-refractivity contribution is 14.1. The van der Waals surface area contributed by atoms with Gasteiger partial charge < -0.3 is 10.2 Å². The standard InChI is InChI=1S/C11H20IN3O/c1-14(2)7-4-6-11(16)13-9-10-5-3-8-15(10)12/h4,6,10H,3,5,7-9H2,1-2H3,(H,13,16)/b6-4+. The molecule has 1 rings (SSSR count). The summed E-state index contributed by atoms with van der Waals surface area (Å²) >= 11 is 2.34. The van der Waals surface area contributed by atoms with Gasteiger partial charge in [0, 0.05) is 54.6 Å². The minimum atomic E-state index is 0.0125. The molecule has 4 nitrogen and oxygen atoms in total. The van der Waals surface area contributed by atoms with E-state index in [4.69, 9.17) is 0 Å². The van der Waals surface area contributed by atoms with E-state index in [2.05, 4.69) is 31.3 Å². The van der Waals surface area contributed by atoms with Gasteiger partial charge in [-0.2, -0.15) is 0 Å². The van der Waals surface area contributed by atoms with Crippen LogP contribution in [0, 0.1) is 0 Å². The SMILES string of the molecule is CN(C)C/C=C/C(=O)NCC1CCCN1I. The van der Waals surface area contributed by atoms with Gasteiger partial charge in [-0.3, -0.25) is 4.79 Å². The van der Waals surface area contributed by atoms with E-state index in [-0.39, 0.29) is 5.91 Å². The molecule has 0 radical (unpaired) electrons. The highest BCUT2D eigenvalue weighted by Gasteiger charge is 2.21. The van der Waals surface area contributed by atoms with Crippen LogP contribution in [0.2, 0.25) is 0 Å². The van der Waals surface area contributed by atoms with Crippen LogP contribution in [0.4, 0.5) is 0 Å². The van der Waals surface area contributed by atoms with Crippen LogP contribution >= 0.6 is 22.9 Å². The van der Waals surface area contributed by atoms with Crippen molar-refractivity contribution in [3.63, 3.8) is 0 Å². The van der Waals surface area contributed by atoms with Crippen molar-refractivity contribution in [2.24, 2.45) is 0 Å². The molecule has 1 N–H and O–H groups in total. The van der Waals surface area contributed by atoms with E-state index in [0.717, 1.165) is 19.6 Å². The van der Waals surface area contributed by atoms with Gasteiger partial charge in [0.2, 0.25) is 5.91 Å². The molecular formula is C11H20IN3O. The van der Waals surface area contributed by atoms with Crippen LogP contribution in [0.1, 0.15) is 12.8 Å². The number of hydrogen-bond acceptors (Lipinski definition) is 3. The molecule has 0 spiro atoms. The van der Waals surface area contributed by atoms with Gasteiger partial charge in [0.1, 0.15) is 0 Å². The lowest BCUT2D eigenvalue weighted by Gasteiger charge is -2.16. The Hall–Kier alpha value is -0.140. The molecule has 0 saturated carbocycles. The smallest absolute Gasteiger partial charge is 0.243 e. The summed E-state index contributed by atoms with van der Waals surface area (Å²) in [7, 11) is 3.96. The van der Waals surface area contributed by atoms with Crippen molar-refractivity contribution in [3.05, 3.63) is 12.2 Å². The molecule has 1 atom stereocenters. The van der Waals surface area contributed by atoms with Crippen molar-refractivity contribution in [1.82, 2.24) is 13.3 Å². The molecule has 1 amide bonds. The van der Waals surface area contributed by atoms with Gasteiger partial charge in [-0.05, 0) is 26.9 Å². The van der Waals surface area contributed by atoms with E-state index in [0.29, 0.717) is 6.04 Å². The summed E-state index contributed by atoms with van der Waals surface area (Å²) in [6.07, 6.45) is 5.92. The minimum Gasteiger partial charge on any atom is -0.351 e. The van der Waals surface area contributed by atoms with Crippen molar-refractivity contribution >= 4 is 28.8 Å². The largest absolute Gasteiger partial charge is 0.351 e. The number of nitrogens with zero attached hydrogens (tertiary/aromatic N) is 2. The average molecular weight is 337 g/mol. The molecule has 0 aromatic heterocycles. The highest BCUT2D eigenvalue weighted by atomic mass is 127. The summed E-state index contributed by atoms with van der Waals surface area (Å²) in [4.78, 5) is 13.5. The molecule has 1 aliphatic rings. The predicted octanol–water partition coefficient (Wildman–Crippen LogP) is 1.03. The summed E-state index contributed by atoms with van der Waals surface area (Å²) in [5.41, 5.74) is 0. The Morgan fingerprint density at radius 2 is 2.38 bits per heavy atom. The Morgan fingerprint density at radius 3 is 2.94 bits per heavy atom. The lowest BCUT2D eigenvalue weighted by molar-refractivity contribution is -0.116. The Labute approximate surface area is 112 Å². The van der Waals surface area contributed by atoms with E-state index in [1.165, 1.54) is 12.8 Å². The fourth-order valence-electron chi connectivity index (χ4n) is 1.65. The van der Waals surface area contributed by atoms with E-state index in [1.54, 1.807) is 6.08 Å². The van der Waals surface area contributed by atoms with Gasteiger partial charge >= 0.3 is 0 Å².